The van der Waals surface area contributed by atoms with Crippen LogP contribution in [0.4, 0.5) is 0 Å². The Kier molecular flexibility index (Phi) is 5.29. The van der Waals surface area contributed by atoms with Crippen LogP contribution in [0.5, 0.6) is 0 Å². The SMILES string of the molecule is CCC(C)(C)c1ccc(C(O)c2cc(Br)ccc2Br)cc1. The van der Waals surface area contributed by atoms with E-state index in [1.807, 2.05) is 30.3 Å². The van der Waals surface area contributed by atoms with Gasteiger partial charge < -0.3 is 5.11 Å². The van der Waals surface area contributed by atoms with Crippen LogP contribution in [0, 0.1) is 0 Å². The second kappa shape index (κ2) is 6.64. The summed E-state index contributed by atoms with van der Waals surface area (Å²) in [6.45, 7) is 6.67. The van der Waals surface area contributed by atoms with Crippen LogP contribution in [0.25, 0.3) is 0 Å². The summed E-state index contributed by atoms with van der Waals surface area (Å²) in [6, 6.07) is 14.1. The van der Waals surface area contributed by atoms with Gasteiger partial charge in [0.05, 0.1) is 0 Å². The number of halogens is 2. The fourth-order valence-electron chi connectivity index (χ4n) is 2.22. The van der Waals surface area contributed by atoms with Crippen molar-refractivity contribution in [1.82, 2.24) is 0 Å². The van der Waals surface area contributed by atoms with Crippen molar-refractivity contribution in [3.8, 4) is 0 Å². The monoisotopic (exact) mass is 410 g/mol. The van der Waals surface area contributed by atoms with Gasteiger partial charge in [0.2, 0.25) is 0 Å². The van der Waals surface area contributed by atoms with E-state index >= 15 is 0 Å². The molecule has 0 saturated carbocycles. The van der Waals surface area contributed by atoms with Gasteiger partial charge in [0.15, 0.2) is 0 Å². The molecule has 0 bridgehead atoms. The molecule has 2 aromatic rings. The molecule has 0 radical (unpaired) electrons. The summed E-state index contributed by atoms with van der Waals surface area (Å²) in [7, 11) is 0. The first-order valence-corrected chi connectivity index (χ1v) is 8.67. The minimum absolute atomic E-state index is 0.167. The normalized spacial score (nSPS) is 13.2. The number of hydrogen-bond donors (Lipinski definition) is 1. The fourth-order valence-corrected chi connectivity index (χ4v) is 3.07. The van der Waals surface area contributed by atoms with Gasteiger partial charge in [0.1, 0.15) is 6.10 Å². The van der Waals surface area contributed by atoms with Crippen LogP contribution in [0.3, 0.4) is 0 Å². The standard InChI is InChI=1S/C18H20Br2O/c1-4-18(2,3)13-7-5-12(6-8-13)17(21)15-11-14(19)9-10-16(15)20/h5-11,17,21H,4H2,1-3H3. The van der Waals surface area contributed by atoms with E-state index < -0.39 is 6.10 Å². The van der Waals surface area contributed by atoms with E-state index in [-0.39, 0.29) is 5.41 Å². The Morgan fingerprint density at radius 3 is 2.24 bits per heavy atom. The van der Waals surface area contributed by atoms with Gasteiger partial charge in [-0.1, -0.05) is 76.9 Å². The molecule has 0 aliphatic carbocycles. The van der Waals surface area contributed by atoms with Crippen LogP contribution in [0.15, 0.2) is 51.4 Å². The maximum absolute atomic E-state index is 10.6. The topological polar surface area (TPSA) is 20.2 Å². The maximum Gasteiger partial charge on any atom is 0.105 e. The van der Waals surface area contributed by atoms with Crippen molar-refractivity contribution >= 4 is 31.9 Å². The predicted molar refractivity (Wildman–Crippen MR) is 95.7 cm³/mol. The smallest absolute Gasteiger partial charge is 0.105 e. The maximum atomic E-state index is 10.6. The highest BCUT2D eigenvalue weighted by Crippen LogP contribution is 2.33. The second-order valence-electron chi connectivity index (χ2n) is 5.93. The number of aliphatic hydroxyl groups excluding tert-OH is 1. The van der Waals surface area contributed by atoms with Gasteiger partial charge in [-0.05, 0) is 41.2 Å². The number of rotatable bonds is 4. The lowest BCUT2D eigenvalue weighted by Gasteiger charge is -2.24. The highest BCUT2D eigenvalue weighted by Gasteiger charge is 2.19. The molecule has 21 heavy (non-hydrogen) atoms. The molecule has 1 N–H and O–H groups in total. The molecule has 2 rings (SSSR count). The van der Waals surface area contributed by atoms with Gasteiger partial charge in [-0.3, -0.25) is 0 Å². The van der Waals surface area contributed by atoms with Crippen LogP contribution < -0.4 is 0 Å². The van der Waals surface area contributed by atoms with Crippen molar-refractivity contribution in [3.63, 3.8) is 0 Å². The minimum Gasteiger partial charge on any atom is -0.384 e. The van der Waals surface area contributed by atoms with Crippen molar-refractivity contribution < 1.29 is 5.11 Å². The summed E-state index contributed by atoms with van der Waals surface area (Å²) in [5, 5.41) is 10.6. The van der Waals surface area contributed by atoms with Gasteiger partial charge >= 0.3 is 0 Å². The average molecular weight is 412 g/mol. The van der Waals surface area contributed by atoms with Gasteiger partial charge in [-0.15, -0.1) is 0 Å². The van der Waals surface area contributed by atoms with E-state index in [4.69, 9.17) is 0 Å². The average Bonchev–Trinajstić information content (AvgIpc) is 2.49. The first-order chi connectivity index (χ1) is 9.85. The first-order valence-electron chi connectivity index (χ1n) is 7.08. The van der Waals surface area contributed by atoms with Crippen molar-refractivity contribution in [2.75, 3.05) is 0 Å². The van der Waals surface area contributed by atoms with E-state index in [0.717, 1.165) is 26.5 Å². The van der Waals surface area contributed by atoms with Crippen molar-refractivity contribution in [3.05, 3.63) is 68.1 Å². The molecule has 3 heteroatoms. The number of aliphatic hydroxyl groups is 1. The molecule has 2 aromatic carbocycles. The third kappa shape index (κ3) is 3.77. The molecule has 0 aliphatic heterocycles. The number of benzene rings is 2. The van der Waals surface area contributed by atoms with E-state index in [9.17, 15) is 5.11 Å². The second-order valence-corrected chi connectivity index (χ2v) is 7.70. The molecule has 0 aromatic heterocycles. The Labute approximate surface area is 143 Å². The minimum atomic E-state index is -0.629. The Hall–Kier alpha value is -0.640. The van der Waals surface area contributed by atoms with Crippen molar-refractivity contribution in [2.24, 2.45) is 0 Å². The zero-order valence-corrected chi connectivity index (χ0v) is 15.7. The zero-order valence-electron chi connectivity index (χ0n) is 12.5. The summed E-state index contributed by atoms with van der Waals surface area (Å²) in [6.07, 6.45) is 0.460. The third-order valence-corrected chi connectivity index (χ3v) is 5.36. The highest BCUT2D eigenvalue weighted by molar-refractivity contribution is 9.11. The number of hydrogen-bond acceptors (Lipinski definition) is 1. The Morgan fingerprint density at radius 1 is 1.05 bits per heavy atom. The van der Waals surface area contributed by atoms with Gasteiger partial charge in [0.25, 0.3) is 0 Å². The summed E-state index contributed by atoms with van der Waals surface area (Å²) in [5.74, 6) is 0. The molecule has 0 aliphatic rings. The van der Waals surface area contributed by atoms with Crippen LogP contribution >= 0.6 is 31.9 Å². The Balaban J connectivity index is 2.32. The lowest BCUT2D eigenvalue weighted by atomic mass is 9.82. The summed E-state index contributed by atoms with van der Waals surface area (Å²) in [4.78, 5) is 0. The summed E-state index contributed by atoms with van der Waals surface area (Å²) in [5.41, 5.74) is 3.24. The zero-order chi connectivity index (χ0) is 15.6. The highest BCUT2D eigenvalue weighted by atomic mass is 79.9. The van der Waals surface area contributed by atoms with Crippen LogP contribution in [-0.2, 0) is 5.41 Å². The Morgan fingerprint density at radius 2 is 1.67 bits per heavy atom. The molecular formula is C18H20Br2O. The lowest BCUT2D eigenvalue weighted by Crippen LogP contribution is -2.15. The lowest BCUT2D eigenvalue weighted by molar-refractivity contribution is 0.219. The molecule has 1 atom stereocenters. The molecule has 1 nitrogen and oxygen atoms in total. The largest absolute Gasteiger partial charge is 0.384 e. The molecule has 1 unspecified atom stereocenters. The van der Waals surface area contributed by atoms with Crippen LogP contribution in [0.2, 0.25) is 0 Å². The van der Waals surface area contributed by atoms with Gasteiger partial charge in [-0.2, -0.15) is 0 Å². The predicted octanol–water partition coefficient (Wildman–Crippen LogP) is 5.98. The quantitative estimate of drug-likeness (QED) is 0.655. The molecule has 0 fully saturated rings. The van der Waals surface area contributed by atoms with E-state index in [0.29, 0.717) is 0 Å². The molecular weight excluding hydrogens is 392 g/mol. The van der Waals surface area contributed by atoms with Crippen molar-refractivity contribution in [1.29, 1.82) is 0 Å². The summed E-state index contributed by atoms with van der Waals surface area (Å²) < 4.78 is 1.87. The summed E-state index contributed by atoms with van der Waals surface area (Å²) >= 11 is 6.96. The molecule has 0 amide bonds. The molecule has 112 valence electrons. The van der Waals surface area contributed by atoms with E-state index in [2.05, 4.69) is 64.8 Å². The first kappa shape index (κ1) is 16.7. The van der Waals surface area contributed by atoms with Crippen molar-refractivity contribution in [2.45, 2.75) is 38.7 Å². The fraction of sp³-hybridized carbons (Fsp3) is 0.333. The molecule has 0 heterocycles. The van der Waals surface area contributed by atoms with E-state index in [1.165, 1.54) is 5.56 Å². The van der Waals surface area contributed by atoms with Crippen LogP contribution in [-0.4, -0.2) is 5.11 Å². The van der Waals surface area contributed by atoms with Crippen LogP contribution in [0.1, 0.15) is 50.0 Å². The van der Waals surface area contributed by atoms with E-state index in [1.54, 1.807) is 0 Å². The molecule has 0 saturated heterocycles. The molecule has 0 spiro atoms. The third-order valence-electron chi connectivity index (χ3n) is 4.14. The Bertz CT molecular complexity index is 618. The van der Waals surface area contributed by atoms with Gasteiger partial charge in [-0.25, -0.2) is 0 Å². The van der Waals surface area contributed by atoms with Gasteiger partial charge in [0, 0.05) is 14.5 Å².